The van der Waals surface area contributed by atoms with Gasteiger partial charge in [0.15, 0.2) is 5.13 Å². The average molecular weight is 245 g/mol. The maximum atomic E-state index is 8.14. The topological polar surface area (TPSA) is 87.7 Å². The summed E-state index contributed by atoms with van der Waals surface area (Å²) >= 11 is 1.48. The van der Waals surface area contributed by atoms with E-state index < -0.39 is 0 Å². The van der Waals surface area contributed by atoms with Crippen LogP contribution in [0.1, 0.15) is 12.0 Å². The van der Waals surface area contributed by atoms with Crippen molar-refractivity contribution in [3.8, 4) is 0 Å². The van der Waals surface area contributed by atoms with Crippen molar-refractivity contribution < 1.29 is 0 Å². The predicted molar refractivity (Wildman–Crippen MR) is 71.7 cm³/mol. The van der Waals surface area contributed by atoms with Crippen molar-refractivity contribution in [2.45, 2.75) is 6.42 Å². The normalized spacial score (nSPS) is 10.8. The Morgan fingerprint density at radius 3 is 3.24 bits per heavy atom. The molecule has 1 aromatic carbocycles. The van der Waals surface area contributed by atoms with Crippen LogP contribution in [-0.4, -0.2) is 11.5 Å². The Bertz CT molecular complexity index is 595. The van der Waals surface area contributed by atoms with Crippen LogP contribution in [0.15, 0.2) is 29.4 Å². The van der Waals surface area contributed by atoms with Gasteiger partial charge in [-0.3, -0.25) is 0 Å². The van der Waals surface area contributed by atoms with Gasteiger partial charge in [-0.05, 0) is 18.0 Å². The fourth-order valence-electron chi connectivity index (χ4n) is 1.51. The van der Waals surface area contributed by atoms with E-state index in [1.807, 2.05) is 30.4 Å². The molecule has 0 radical (unpaired) electrons. The molecule has 0 atom stereocenters. The van der Waals surface area contributed by atoms with Crippen molar-refractivity contribution in [3.05, 3.63) is 40.3 Å². The van der Waals surface area contributed by atoms with Gasteiger partial charge in [-0.2, -0.15) is 0 Å². The summed E-state index contributed by atoms with van der Waals surface area (Å²) < 4.78 is 1.08. The van der Waals surface area contributed by atoms with Gasteiger partial charge in [-0.1, -0.05) is 40.7 Å². The monoisotopic (exact) mass is 245 g/mol. The lowest BCUT2D eigenvalue weighted by molar-refractivity contribution is 0.996. The lowest BCUT2D eigenvalue weighted by atomic mass is 10.2. The first-order valence-electron chi connectivity index (χ1n) is 5.13. The van der Waals surface area contributed by atoms with Crippen LogP contribution < -0.4 is 5.73 Å². The molecule has 0 saturated carbocycles. The number of fused-ring (bicyclic) bond motifs is 1. The SMILES string of the molecule is [N-]=[N+]=NCCC=Cc1cccc2sc(N)nc12. The number of benzene rings is 1. The number of nitrogens with two attached hydrogens (primary N) is 1. The number of rotatable bonds is 4. The molecule has 0 aliphatic rings. The fourth-order valence-corrected chi connectivity index (χ4v) is 2.28. The molecule has 1 aromatic heterocycles. The molecular weight excluding hydrogens is 234 g/mol. The summed E-state index contributed by atoms with van der Waals surface area (Å²) in [5, 5.41) is 4.04. The van der Waals surface area contributed by atoms with Crippen LogP contribution in [0, 0.1) is 0 Å². The molecule has 0 fully saturated rings. The highest BCUT2D eigenvalue weighted by atomic mass is 32.1. The number of nitrogens with zero attached hydrogens (tertiary/aromatic N) is 4. The Morgan fingerprint density at radius 1 is 1.53 bits per heavy atom. The Morgan fingerprint density at radius 2 is 2.41 bits per heavy atom. The fraction of sp³-hybridized carbons (Fsp3) is 0.182. The van der Waals surface area contributed by atoms with Crippen molar-refractivity contribution in [3.63, 3.8) is 0 Å². The van der Waals surface area contributed by atoms with Crippen LogP contribution in [0.3, 0.4) is 0 Å². The van der Waals surface area contributed by atoms with Crippen LogP contribution in [0.25, 0.3) is 26.7 Å². The van der Waals surface area contributed by atoms with Crippen molar-refractivity contribution >= 4 is 32.8 Å². The molecule has 0 amide bonds. The number of hydrogen-bond donors (Lipinski definition) is 1. The first-order chi connectivity index (χ1) is 8.31. The summed E-state index contributed by atoms with van der Waals surface area (Å²) in [5.41, 5.74) is 15.8. The summed E-state index contributed by atoms with van der Waals surface area (Å²) in [7, 11) is 0. The Kier molecular flexibility index (Phi) is 3.59. The second kappa shape index (κ2) is 5.34. The Labute approximate surface area is 102 Å². The van der Waals surface area contributed by atoms with Crippen LogP contribution >= 0.6 is 11.3 Å². The predicted octanol–water partition coefficient (Wildman–Crippen LogP) is 3.59. The van der Waals surface area contributed by atoms with Crippen LogP contribution in [-0.2, 0) is 0 Å². The van der Waals surface area contributed by atoms with Gasteiger partial charge in [-0.15, -0.1) is 0 Å². The van der Waals surface area contributed by atoms with E-state index in [4.69, 9.17) is 11.3 Å². The highest BCUT2D eigenvalue weighted by Gasteiger charge is 2.03. The highest BCUT2D eigenvalue weighted by Crippen LogP contribution is 2.26. The van der Waals surface area contributed by atoms with E-state index in [0.29, 0.717) is 11.7 Å². The van der Waals surface area contributed by atoms with E-state index in [0.717, 1.165) is 22.2 Å². The number of nitrogen functional groups attached to an aromatic ring is 1. The second-order valence-electron chi connectivity index (χ2n) is 3.39. The third kappa shape index (κ3) is 2.75. The number of aromatic nitrogens is 1. The smallest absolute Gasteiger partial charge is 0.181 e. The van der Waals surface area contributed by atoms with Gasteiger partial charge in [-0.25, -0.2) is 4.98 Å². The molecule has 0 aliphatic heterocycles. The van der Waals surface area contributed by atoms with Crippen molar-refractivity contribution in [1.29, 1.82) is 0 Å². The van der Waals surface area contributed by atoms with E-state index in [2.05, 4.69) is 15.0 Å². The third-order valence-electron chi connectivity index (χ3n) is 2.22. The molecule has 2 rings (SSSR count). The van der Waals surface area contributed by atoms with Crippen LogP contribution in [0.5, 0.6) is 0 Å². The summed E-state index contributed by atoms with van der Waals surface area (Å²) in [6, 6.07) is 5.97. The number of anilines is 1. The highest BCUT2D eigenvalue weighted by molar-refractivity contribution is 7.22. The number of azide groups is 1. The lowest BCUT2D eigenvalue weighted by Gasteiger charge is -1.94. The summed E-state index contributed by atoms with van der Waals surface area (Å²) in [6.45, 7) is 0.474. The number of thiazole rings is 1. The molecule has 2 N–H and O–H groups in total. The molecule has 0 unspecified atom stereocenters. The van der Waals surface area contributed by atoms with E-state index in [9.17, 15) is 0 Å². The summed E-state index contributed by atoms with van der Waals surface area (Å²) in [6.07, 6.45) is 4.67. The first kappa shape index (κ1) is 11.4. The molecule has 86 valence electrons. The number of hydrogen-bond acceptors (Lipinski definition) is 4. The van der Waals surface area contributed by atoms with E-state index in [-0.39, 0.29) is 0 Å². The van der Waals surface area contributed by atoms with Gasteiger partial charge >= 0.3 is 0 Å². The zero-order valence-corrected chi connectivity index (χ0v) is 9.89. The molecule has 17 heavy (non-hydrogen) atoms. The largest absolute Gasteiger partial charge is 0.375 e. The van der Waals surface area contributed by atoms with Crippen LogP contribution in [0.4, 0.5) is 5.13 Å². The molecule has 1 heterocycles. The number of para-hydroxylation sites is 1. The van der Waals surface area contributed by atoms with Crippen molar-refractivity contribution in [2.24, 2.45) is 5.11 Å². The quantitative estimate of drug-likeness (QED) is 0.386. The Hall–Kier alpha value is -2.04. The Balaban J connectivity index is 2.20. The first-order valence-corrected chi connectivity index (χ1v) is 5.95. The molecule has 0 bridgehead atoms. The van der Waals surface area contributed by atoms with Gasteiger partial charge in [0.05, 0.1) is 10.2 Å². The third-order valence-corrected chi connectivity index (χ3v) is 3.07. The zero-order valence-electron chi connectivity index (χ0n) is 9.08. The van der Waals surface area contributed by atoms with E-state index in [1.54, 1.807) is 0 Å². The van der Waals surface area contributed by atoms with Crippen LogP contribution in [0.2, 0.25) is 0 Å². The standard InChI is InChI=1S/C11H11N5S/c12-11-15-10-8(4-1-2-7-14-16-13)5-3-6-9(10)17-11/h1,3-6H,2,7H2,(H2,12,15). The van der Waals surface area contributed by atoms with Gasteiger partial charge in [0.25, 0.3) is 0 Å². The molecule has 5 nitrogen and oxygen atoms in total. The minimum Gasteiger partial charge on any atom is -0.375 e. The molecule has 0 spiro atoms. The average Bonchev–Trinajstić information content (AvgIpc) is 2.70. The van der Waals surface area contributed by atoms with Crippen molar-refractivity contribution in [1.82, 2.24) is 4.98 Å². The van der Waals surface area contributed by atoms with Gasteiger partial charge in [0, 0.05) is 17.0 Å². The van der Waals surface area contributed by atoms with E-state index in [1.165, 1.54) is 11.3 Å². The zero-order chi connectivity index (χ0) is 12.1. The van der Waals surface area contributed by atoms with Gasteiger partial charge in [0.2, 0.25) is 0 Å². The molecule has 0 saturated heterocycles. The van der Waals surface area contributed by atoms with E-state index >= 15 is 0 Å². The maximum absolute atomic E-state index is 8.14. The maximum Gasteiger partial charge on any atom is 0.181 e. The second-order valence-corrected chi connectivity index (χ2v) is 4.45. The minimum absolute atomic E-state index is 0.474. The molecule has 2 aromatic rings. The molecular formula is C11H11N5S. The minimum atomic E-state index is 0.474. The lowest BCUT2D eigenvalue weighted by Crippen LogP contribution is -1.81. The van der Waals surface area contributed by atoms with Gasteiger partial charge in [0.1, 0.15) is 0 Å². The van der Waals surface area contributed by atoms with Gasteiger partial charge < -0.3 is 5.73 Å². The van der Waals surface area contributed by atoms with Crippen molar-refractivity contribution in [2.75, 3.05) is 12.3 Å². The summed E-state index contributed by atoms with van der Waals surface area (Å²) in [4.78, 5) is 6.99. The summed E-state index contributed by atoms with van der Waals surface area (Å²) in [5.74, 6) is 0. The molecule has 0 aliphatic carbocycles. The molecule has 6 heteroatoms.